The predicted octanol–water partition coefficient (Wildman–Crippen LogP) is 1.05. The minimum Gasteiger partial charge on any atom is -0.461 e. The highest BCUT2D eigenvalue weighted by molar-refractivity contribution is 5.89. The fourth-order valence-corrected chi connectivity index (χ4v) is 1.38. The van der Waals surface area contributed by atoms with E-state index in [-0.39, 0.29) is 5.97 Å². The predicted molar refractivity (Wildman–Crippen MR) is 70.5 cm³/mol. The van der Waals surface area contributed by atoms with Crippen LogP contribution < -0.4 is 11.1 Å². The molecule has 18 heavy (non-hydrogen) atoms. The quantitative estimate of drug-likeness (QED) is 0.411. The monoisotopic (exact) mass is 252 g/mol. The van der Waals surface area contributed by atoms with Crippen LogP contribution >= 0.6 is 0 Å². The van der Waals surface area contributed by atoms with E-state index >= 15 is 0 Å². The molecular weight excluding hydrogens is 232 g/mol. The first-order valence-corrected chi connectivity index (χ1v) is 5.96. The summed E-state index contributed by atoms with van der Waals surface area (Å²) in [5.74, 6) is -0.325. The molecular formula is C13H20N2O3. The first-order chi connectivity index (χ1) is 8.74. The summed E-state index contributed by atoms with van der Waals surface area (Å²) in [5, 5.41) is 3.16. The summed E-state index contributed by atoms with van der Waals surface area (Å²) in [6.07, 6.45) is 0.947. The van der Waals surface area contributed by atoms with E-state index in [1.807, 2.05) is 0 Å². The summed E-state index contributed by atoms with van der Waals surface area (Å²) < 4.78 is 10.0. The van der Waals surface area contributed by atoms with Crippen LogP contribution in [0.2, 0.25) is 0 Å². The largest absolute Gasteiger partial charge is 0.461 e. The number of methoxy groups -OCH3 is 1. The fourth-order valence-electron chi connectivity index (χ4n) is 1.38. The summed E-state index contributed by atoms with van der Waals surface area (Å²) in [5.41, 5.74) is 6.68. The molecule has 100 valence electrons. The van der Waals surface area contributed by atoms with E-state index in [0.29, 0.717) is 24.4 Å². The van der Waals surface area contributed by atoms with E-state index in [1.165, 1.54) is 0 Å². The summed E-state index contributed by atoms with van der Waals surface area (Å²) in [4.78, 5) is 11.6. The second kappa shape index (κ2) is 8.49. The van der Waals surface area contributed by atoms with Crippen LogP contribution in [0.3, 0.4) is 0 Å². The van der Waals surface area contributed by atoms with Crippen LogP contribution in [0.1, 0.15) is 16.8 Å². The van der Waals surface area contributed by atoms with Gasteiger partial charge in [-0.2, -0.15) is 0 Å². The molecule has 0 amide bonds. The van der Waals surface area contributed by atoms with Crippen LogP contribution in [0.5, 0.6) is 0 Å². The SMILES string of the molecule is COCCCNCCOC(=O)c1ccc(N)cc1. The molecule has 5 heteroatoms. The van der Waals surface area contributed by atoms with Crippen molar-refractivity contribution in [2.45, 2.75) is 6.42 Å². The third kappa shape index (κ3) is 5.65. The molecule has 0 spiro atoms. The molecule has 0 saturated carbocycles. The Morgan fingerprint density at radius 2 is 1.94 bits per heavy atom. The van der Waals surface area contributed by atoms with E-state index in [0.717, 1.165) is 19.6 Å². The maximum atomic E-state index is 11.6. The van der Waals surface area contributed by atoms with Crippen molar-refractivity contribution in [1.82, 2.24) is 5.32 Å². The number of anilines is 1. The van der Waals surface area contributed by atoms with Gasteiger partial charge in [-0.05, 0) is 37.2 Å². The lowest BCUT2D eigenvalue weighted by molar-refractivity contribution is 0.0508. The molecule has 3 N–H and O–H groups in total. The van der Waals surface area contributed by atoms with Gasteiger partial charge in [-0.1, -0.05) is 0 Å². The topological polar surface area (TPSA) is 73.6 Å². The van der Waals surface area contributed by atoms with E-state index in [9.17, 15) is 4.79 Å². The molecule has 1 aromatic rings. The molecule has 5 nitrogen and oxygen atoms in total. The van der Waals surface area contributed by atoms with Gasteiger partial charge in [-0.25, -0.2) is 4.79 Å². The second-order valence-corrected chi connectivity index (χ2v) is 3.85. The van der Waals surface area contributed by atoms with Gasteiger partial charge in [0.05, 0.1) is 5.56 Å². The van der Waals surface area contributed by atoms with Crippen molar-refractivity contribution in [3.05, 3.63) is 29.8 Å². The Hall–Kier alpha value is -1.59. The molecule has 0 unspecified atom stereocenters. The molecule has 0 atom stereocenters. The van der Waals surface area contributed by atoms with E-state index < -0.39 is 0 Å². The highest BCUT2D eigenvalue weighted by Gasteiger charge is 2.05. The molecule has 1 rings (SSSR count). The average Bonchev–Trinajstić information content (AvgIpc) is 2.38. The zero-order chi connectivity index (χ0) is 13.2. The molecule has 0 saturated heterocycles. The Morgan fingerprint density at radius 1 is 1.22 bits per heavy atom. The maximum absolute atomic E-state index is 11.6. The summed E-state index contributed by atoms with van der Waals surface area (Å²) in [6.45, 7) is 2.59. The van der Waals surface area contributed by atoms with Gasteiger partial charge in [0.2, 0.25) is 0 Å². The molecule has 0 bridgehead atoms. The highest BCUT2D eigenvalue weighted by Crippen LogP contribution is 2.06. The van der Waals surface area contributed by atoms with Crippen molar-refractivity contribution >= 4 is 11.7 Å². The standard InChI is InChI=1S/C13H20N2O3/c1-17-9-2-7-15-8-10-18-13(16)11-3-5-12(14)6-4-11/h3-6,15H,2,7-10,14H2,1H3. The van der Waals surface area contributed by atoms with Gasteiger partial charge in [0.15, 0.2) is 0 Å². The minimum atomic E-state index is -0.325. The number of hydrogen-bond donors (Lipinski definition) is 2. The zero-order valence-electron chi connectivity index (χ0n) is 10.6. The molecule has 0 aliphatic carbocycles. The number of esters is 1. The maximum Gasteiger partial charge on any atom is 0.338 e. The summed E-state index contributed by atoms with van der Waals surface area (Å²) in [7, 11) is 1.67. The minimum absolute atomic E-state index is 0.325. The third-order valence-electron chi connectivity index (χ3n) is 2.36. The lowest BCUT2D eigenvalue weighted by Crippen LogP contribution is -2.23. The lowest BCUT2D eigenvalue weighted by atomic mass is 10.2. The number of ether oxygens (including phenoxy) is 2. The van der Waals surface area contributed by atoms with Crippen LogP contribution in [-0.4, -0.2) is 39.4 Å². The summed E-state index contributed by atoms with van der Waals surface area (Å²) >= 11 is 0. The van der Waals surface area contributed by atoms with Crippen LogP contribution in [0.4, 0.5) is 5.69 Å². The van der Waals surface area contributed by atoms with Crippen LogP contribution in [-0.2, 0) is 9.47 Å². The number of hydrogen-bond acceptors (Lipinski definition) is 5. The number of carbonyl (C=O) groups excluding carboxylic acids is 1. The lowest BCUT2D eigenvalue weighted by Gasteiger charge is -2.06. The Balaban J connectivity index is 2.12. The fraction of sp³-hybridized carbons (Fsp3) is 0.462. The number of nitrogens with two attached hydrogens (primary N) is 1. The highest BCUT2D eigenvalue weighted by atomic mass is 16.5. The normalized spacial score (nSPS) is 10.3. The van der Waals surface area contributed by atoms with Gasteiger partial charge in [-0.15, -0.1) is 0 Å². The molecule has 0 aliphatic heterocycles. The van der Waals surface area contributed by atoms with Crippen molar-refractivity contribution in [3.63, 3.8) is 0 Å². The van der Waals surface area contributed by atoms with Gasteiger partial charge < -0.3 is 20.5 Å². The number of rotatable bonds is 8. The Bertz CT molecular complexity index is 352. The number of nitrogen functional groups attached to an aromatic ring is 1. The van der Waals surface area contributed by atoms with Gasteiger partial charge in [0.25, 0.3) is 0 Å². The van der Waals surface area contributed by atoms with Gasteiger partial charge in [0.1, 0.15) is 6.61 Å². The Kier molecular flexibility index (Phi) is 6.83. The van der Waals surface area contributed by atoms with Crippen molar-refractivity contribution in [1.29, 1.82) is 0 Å². The second-order valence-electron chi connectivity index (χ2n) is 3.85. The van der Waals surface area contributed by atoms with Crippen LogP contribution in [0, 0.1) is 0 Å². The number of nitrogens with one attached hydrogen (secondary N) is 1. The smallest absolute Gasteiger partial charge is 0.338 e. The number of carbonyl (C=O) groups is 1. The Morgan fingerprint density at radius 3 is 2.61 bits per heavy atom. The molecule has 1 aromatic carbocycles. The first-order valence-electron chi connectivity index (χ1n) is 5.96. The van der Waals surface area contributed by atoms with Crippen LogP contribution in [0.15, 0.2) is 24.3 Å². The van der Waals surface area contributed by atoms with Gasteiger partial charge in [-0.3, -0.25) is 0 Å². The Labute approximate surface area is 107 Å². The molecule has 0 aliphatic rings. The van der Waals surface area contributed by atoms with Crippen LogP contribution in [0.25, 0.3) is 0 Å². The zero-order valence-corrected chi connectivity index (χ0v) is 10.6. The van der Waals surface area contributed by atoms with E-state index in [1.54, 1.807) is 31.4 Å². The average molecular weight is 252 g/mol. The molecule has 0 aromatic heterocycles. The van der Waals surface area contributed by atoms with Gasteiger partial charge >= 0.3 is 5.97 Å². The molecule has 0 heterocycles. The van der Waals surface area contributed by atoms with Crippen molar-refractivity contribution in [2.75, 3.05) is 39.1 Å². The van der Waals surface area contributed by atoms with Crippen molar-refractivity contribution in [2.24, 2.45) is 0 Å². The van der Waals surface area contributed by atoms with Crippen molar-refractivity contribution in [3.8, 4) is 0 Å². The van der Waals surface area contributed by atoms with Gasteiger partial charge in [0, 0.05) is 25.9 Å². The number of benzene rings is 1. The first kappa shape index (κ1) is 14.5. The van der Waals surface area contributed by atoms with E-state index in [4.69, 9.17) is 15.2 Å². The summed E-state index contributed by atoms with van der Waals surface area (Å²) in [6, 6.07) is 6.67. The third-order valence-corrected chi connectivity index (χ3v) is 2.36. The van der Waals surface area contributed by atoms with E-state index in [2.05, 4.69) is 5.32 Å². The molecule has 0 radical (unpaired) electrons. The molecule has 0 fully saturated rings. The van der Waals surface area contributed by atoms with Crippen molar-refractivity contribution < 1.29 is 14.3 Å².